The van der Waals surface area contributed by atoms with Crippen LogP contribution in [0.4, 0.5) is 18.9 Å². The Morgan fingerprint density at radius 3 is 2.41 bits per heavy atom. The Kier molecular flexibility index (Phi) is 5.86. The lowest BCUT2D eigenvalue weighted by molar-refractivity contribution is -0.137. The van der Waals surface area contributed by atoms with E-state index in [0.29, 0.717) is 0 Å². The predicted molar refractivity (Wildman–Crippen MR) is 99.4 cm³/mol. The molecule has 152 valence electrons. The molecule has 0 aromatic heterocycles. The molecule has 0 atom stereocenters. The molecular formula is C20H18F3N3O3. The Hall–Kier alpha value is -3.36. The molecule has 0 bridgehead atoms. The first-order valence-electron chi connectivity index (χ1n) is 8.89. The summed E-state index contributed by atoms with van der Waals surface area (Å²) < 4.78 is 40.0. The molecule has 0 aliphatic carbocycles. The van der Waals surface area contributed by atoms with E-state index in [1.54, 1.807) is 18.2 Å². The lowest BCUT2D eigenvalue weighted by Gasteiger charge is -2.21. The first kappa shape index (κ1) is 20.4. The van der Waals surface area contributed by atoms with Crippen LogP contribution in [0.2, 0.25) is 0 Å². The maximum Gasteiger partial charge on any atom is 0.416 e. The molecule has 3 amide bonds. The van der Waals surface area contributed by atoms with E-state index in [0.717, 1.165) is 12.1 Å². The minimum Gasteiger partial charge on any atom is -0.354 e. The zero-order valence-corrected chi connectivity index (χ0v) is 15.3. The Balaban J connectivity index is 1.90. The van der Waals surface area contributed by atoms with Crippen LogP contribution in [0.3, 0.4) is 0 Å². The normalized spacial score (nSPS) is 14.7. The fourth-order valence-electron chi connectivity index (χ4n) is 2.93. The van der Waals surface area contributed by atoms with Crippen LogP contribution in [0.25, 0.3) is 0 Å². The van der Waals surface area contributed by atoms with Crippen LogP contribution in [0.1, 0.15) is 32.7 Å². The summed E-state index contributed by atoms with van der Waals surface area (Å²) in [6.45, 7) is 0.514. The highest BCUT2D eigenvalue weighted by Gasteiger charge is 2.32. The monoisotopic (exact) mass is 405 g/mol. The summed E-state index contributed by atoms with van der Waals surface area (Å²) in [5.74, 6) is -1.45. The second-order valence-corrected chi connectivity index (χ2v) is 6.51. The average molecular weight is 405 g/mol. The van der Waals surface area contributed by atoms with Crippen molar-refractivity contribution in [2.75, 3.05) is 25.0 Å². The Morgan fingerprint density at radius 1 is 1.00 bits per heavy atom. The fraction of sp³-hybridized carbons (Fsp3) is 0.250. The molecule has 1 aliphatic heterocycles. The SMILES string of the molecule is O=C1CCN(C(=O)c2cc(NC(=O)c3ccccc3)cc(C(F)(F)F)c2)CCN1. The molecule has 1 heterocycles. The molecule has 9 heteroatoms. The van der Waals surface area contributed by atoms with Gasteiger partial charge in [-0.1, -0.05) is 18.2 Å². The summed E-state index contributed by atoms with van der Waals surface area (Å²) in [4.78, 5) is 37.8. The number of nitrogens with one attached hydrogen (secondary N) is 2. The highest BCUT2D eigenvalue weighted by Crippen LogP contribution is 2.32. The van der Waals surface area contributed by atoms with Gasteiger partial charge in [0.15, 0.2) is 0 Å². The van der Waals surface area contributed by atoms with Gasteiger partial charge >= 0.3 is 6.18 Å². The van der Waals surface area contributed by atoms with Crippen LogP contribution in [-0.2, 0) is 11.0 Å². The molecule has 0 spiro atoms. The number of amides is 3. The molecule has 1 fully saturated rings. The number of carbonyl (C=O) groups excluding carboxylic acids is 3. The van der Waals surface area contributed by atoms with Crippen LogP contribution >= 0.6 is 0 Å². The van der Waals surface area contributed by atoms with Crippen molar-refractivity contribution in [1.82, 2.24) is 10.2 Å². The molecule has 2 aromatic carbocycles. The Bertz CT molecular complexity index is 930. The van der Waals surface area contributed by atoms with Crippen molar-refractivity contribution >= 4 is 23.4 Å². The summed E-state index contributed by atoms with van der Waals surface area (Å²) >= 11 is 0. The van der Waals surface area contributed by atoms with Gasteiger partial charge in [-0.3, -0.25) is 14.4 Å². The minimum atomic E-state index is -4.70. The number of halogens is 3. The third-order valence-corrected chi connectivity index (χ3v) is 4.40. The molecular weight excluding hydrogens is 387 g/mol. The van der Waals surface area contributed by atoms with Gasteiger partial charge in [-0.2, -0.15) is 13.2 Å². The third-order valence-electron chi connectivity index (χ3n) is 4.40. The van der Waals surface area contributed by atoms with Crippen molar-refractivity contribution in [1.29, 1.82) is 0 Å². The molecule has 1 saturated heterocycles. The summed E-state index contributed by atoms with van der Waals surface area (Å²) in [7, 11) is 0. The Morgan fingerprint density at radius 2 is 1.72 bits per heavy atom. The van der Waals surface area contributed by atoms with E-state index in [4.69, 9.17) is 0 Å². The number of anilines is 1. The van der Waals surface area contributed by atoms with Gasteiger partial charge in [0.1, 0.15) is 0 Å². The average Bonchev–Trinajstić information content (AvgIpc) is 2.91. The second kappa shape index (κ2) is 8.34. The summed E-state index contributed by atoms with van der Waals surface area (Å²) in [6, 6.07) is 10.8. The minimum absolute atomic E-state index is 0.0717. The molecule has 2 aromatic rings. The number of hydrogen-bond donors (Lipinski definition) is 2. The van der Waals surface area contributed by atoms with Gasteiger partial charge in [-0.15, -0.1) is 0 Å². The van der Waals surface area contributed by atoms with Crippen molar-refractivity contribution in [3.63, 3.8) is 0 Å². The largest absolute Gasteiger partial charge is 0.416 e. The van der Waals surface area contributed by atoms with Gasteiger partial charge < -0.3 is 15.5 Å². The molecule has 29 heavy (non-hydrogen) atoms. The van der Waals surface area contributed by atoms with Gasteiger partial charge in [0.2, 0.25) is 5.91 Å². The molecule has 0 saturated carbocycles. The van der Waals surface area contributed by atoms with Crippen molar-refractivity contribution in [2.45, 2.75) is 12.6 Å². The van der Waals surface area contributed by atoms with E-state index in [-0.39, 0.29) is 48.8 Å². The zero-order chi connectivity index (χ0) is 21.0. The van der Waals surface area contributed by atoms with Crippen molar-refractivity contribution < 1.29 is 27.6 Å². The number of carbonyl (C=O) groups is 3. The summed E-state index contributed by atoms with van der Waals surface area (Å²) in [5.41, 5.74) is -1.12. The van der Waals surface area contributed by atoms with Crippen molar-refractivity contribution in [2.24, 2.45) is 0 Å². The van der Waals surface area contributed by atoms with E-state index in [1.165, 1.54) is 23.1 Å². The fourth-order valence-corrected chi connectivity index (χ4v) is 2.93. The Labute approximate surface area is 164 Å². The molecule has 0 unspecified atom stereocenters. The number of hydrogen-bond acceptors (Lipinski definition) is 3. The zero-order valence-electron chi connectivity index (χ0n) is 15.3. The van der Waals surface area contributed by atoms with Gasteiger partial charge in [-0.05, 0) is 30.3 Å². The van der Waals surface area contributed by atoms with Gasteiger partial charge in [-0.25, -0.2) is 0 Å². The smallest absolute Gasteiger partial charge is 0.354 e. The van der Waals surface area contributed by atoms with Gasteiger partial charge in [0.25, 0.3) is 11.8 Å². The summed E-state index contributed by atoms with van der Waals surface area (Å²) in [6.07, 6.45) is -4.62. The van der Waals surface area contributed by atoms with Crippen LogP contribution in [0.5, 0.6) is 0 Å². The lowest BCUT2D eigenvalue weighted by atomic mass is 10.1. The van der Waals surface area contributed by atoms with E-state index in [2.05, 4.69) is 10.6 Å². The first-order valence-corrected chi connectivity index (χ1v) is 8.89. The number of alkyl halides is 3. The predicted octanol–water partition coefficient (Wildman–Crippen LogP) is 2.92. The molecule has 2 N–H and O–H groups in total. The standard InChI is InChI=1S/C20H18F3N3O3/c21-20(22,23)15-10-14(19(29)26-8-6-17(27)24-7-9-26)11-16(12-15)25-18(28)13-4-2-1-3-5-13/h1-5,10-12H,6-9H2,(H,24,27)(H,25,28). The highest BCUT2D eigenvalue weighted by molar-refractivity contribution is 6.05. The molecule has 3 rings (SSSR count). The van der Waals surface area contributed by atoms with Crippen molar-refractivity contribution in [3.8, 4) is 0 Å². The van der Waals surface area contributed by atoms with Gasteiger partial charge in [0, 0.05) is 42.9 Å². The quantitative estimate of drug-likeness (QED) is 0.824. The molecule has 1 aliphatic rings. The lowest BCUT2D eigenvalue weighted by Crippen LogP contribution is -2.34. The second-order valence-electron chi connectivity index (χ2n) is 6.51. The molecule has 0 radical (unpaired) electrons. The van der Waals surface area contributed by atoms with Crippen LogP contribution < -0.4 is 10.6 Å². The maximum absolute atomic E-state index is 13.3. The summed E-state index contributed by atoms with van der Waals surface area (Å²) in [5, 5.41) is 5.01. The van der Waals surface area contributed by atoms with Crippen LogP contribution in [-0.4, -0.2) is 42.3 Å². The topological polar surface area (TPSA) is 78.5 Å². The van der Waals surface area contributed by atoms with E-state index in [1.807, 2.05) is 0 Å². The third kappa shape index (κ3) is 5.13. The van der Waals surface area contributed by atoms with Crippen molar-refractivity contribution in [3.05, 3.63) is 65.2 Å². The van der Waals surface area contributed by atoms with E-state index >= 15 is 0 Å². The number of rotatable bonds is 3. The van der Waals surface area contributed by atoms with E-state index < -0.39 is 23.6 Å². The van der Waals surface area contributed by atoms with Crippen LogP contribution in [0.15, 0.2) is 48.5 Å². The first-order chi connectivity index (χ1) is 13.7. The number of nitrogens with zero attached hydrogens (tertiary/aromatic N) is 1. The van der Waals surface area contributed by atoms with Gasteiger partial charge in [0.05, 0.1) is 5.56 Å². The maximum atomic E-state index is 13.3. The van der Waals surface area contributed by atoms with Crippen LogP contribution in [0, 0.1) is 0 Å². The molecule has 6 nitrogen and oxygen atoms in total. The van der Waals surface area contributed by atoms with E-state index in [9.17, 15) is 27.6 Å². The highest BCUT2D eigenvalue weighted by atomic mass is 19.4. The number of benzene rings is 2.